The zero-order valence-corrected chi connectivity index (χ0v) is 11.7. The first-order valence-corrected chi connectivity index (χ1v) is 6.65. The minimum atomic E-state index is -0.907. The summed E-state index contributed by atoms with van der Waals surface area (Å²) in [7, 11) is 0. The lowest BCUT2D eigenvalue weighted by molar-refractivity contribution is -0.139. The van der Waals surface area contributed by atoms with Gasteiger partial charge in [0.1, 0.15) is 0 Å². The molecule has 1 aromatic rings. The van der Waals surface area contributed by atoms with Crippen LogP contribution in [0.1, 0.15) is 42.1 Å². The summed E-state index contributed by atoms with van der Waals surface area (Å²) in [6, 6.07) is 6.91. The van der Waals surface area contributed by atoms with E-state index in [9.17, 15) is 9.59 Å². The second-order valence-electron chi connectivity index (χ2n) is 4.73. The molecular weight excluding hydrogens is 256 g/mol. The molecule has 0 heterocycles. The molecule has 0 saturated carbocycles. The van der Waals surface area contributed by atoms with Crippen LogP contribution in [0.25, 0.3) is 0 Å². The lowest BCUT2D eigenvalue weighted by Crippen LogP contribution is -2.06. The normalized spacial score (nSPS) is 10.1. The minimum absolute atomic E-state index is 0.306. The largest absolute Gasteiger partial charge is 0.478 e. The molecule has 0 bridgehead atoms. The summed E-state index contributed by atoms with van der Waals surface area (Å²) in [6.45, 7) is 5.56. The van der Waals surface area contributed by atoms with Crippen molar-refractivity contribution < 1.29 is 19.4 Å². The fourth-order valence-electron chi connectivity index (χ4n) is 1.71. The molecular formula is C16H20O4. The maximum Gasteiger partial charge on any atom is 0.335 e. The number of esters is 1. The van der Waals surface area contributed by atoms with E-state index in [1.165, 1.54) is 0 Å². The Morgan fingerprint density at radius 2 is 1.80 bits per heavy atom. The molecule has 0 saturated heterocycles. The number of carbonyl (C=O) groups is 2. The van der Waals surface area contributed by atoms with Crippen molar-refractivity contribution in [2.45, 2.75) is 32.6 Å². The number of aromatic carboxylic acids is 1. The van der Waals surface area contributed by atoms with E-state index in [0.717, 1.165) is 31.2 Å². The van der Waals surface area contributed by atoms with E-state index >= 15 is 0 Å². The van der Waals surface area contributed by atoms with Crippen LogP contribution in [-0.4, -0.2) is 23.7 Å². The third kappa shape index (κ3) is 5.69. The fraction of sp³-hybridized carbons (Fsp3) is 0.375. The van der Waals surface area contributed by atoms with Gasteiger partial charge in [0.15, 0.2) is 0 Å². The average molecular weight is 276 g/mol. The molecule has 0 aliphatic heterocycles. The first-order chi connectivity index (χ1) is 9.50. The van der Waals surface area contributed by atoms with Gasteiger partial charge in [-0.25, -0.2) is 9.59 Å². The van der Waals surface area contributed by atoms with E-state index in [4.69, 9.17) is 9.84 Å². The van der Waals surface area contributed by atoms with Crippen LogP contribution >= 0.6 is 0 Å². The van der Waals surface area contributed by atoms with E-state index in [0.29, 0.717) is 17.7 Å². The monoisotopic (exact) mass is 276 g/mol. The van der Waals surface area contributed by atoms with Crippen molar-refractivity contribution in [3.8, 4) is 0 Å². The van der Waals surface area contributed by atoms with E-state index in [1.54, 1.807) is 19.1 Å². The minimum Gasteiger partial charge on any atom is -0.478 e. The van der Waals surface area contributed by atoms with Gasteiger partial charge in [-0.15, -0.1) is 0 Å². The Morgan fingerprint density at radius 3 is 2.35 bits per heavy atom. The maximum atomic E-state index is 11.1. The molecule has 0 amide bonds. The van der Waals surface area contributed by atoms with Crippen molar-refractivity contribution >= 4 is 11.9 Å². The van der Waals surface area contributed by atoms with Gasteiger partial charge in [-0.05, 0) is 50.3 Å². The number of aryl methyl sites for hydroxylation is 1. The number of ether oxygens (including phenoxy) is 1. The maximum absolute atomic E-state index is 11.1. The number of carboxylic acid groups (broad SMARTS) is 1. The number of benzene rings is 1. The Morgan fingerprint density at radius 1 is 1.15 bits per heavy atom. The SMILES string of the molecule is C=C(C)C(=O)OCCCCCc1ccc(C(=O)O)cc1. The average Bonchev–Trinajstić information content (AvgIpc) is 2.42. The molecule has 108 valence electrons. The quantitative estimate of drug-likeness (QED) is 0.450. The van der Waals surface area contributed by atoms with Crippen LogP contribution in [0.3, 0.4) is 0 Å². The van der Waals surface area contributed by atoms with Crippen LogP contribution in [0.15, 0.2) is 36.4 Å². The molecule has 0 radical (unpaired) electrons. The summed E-state index contributed by atoms with van der Waals surface area (Å²) in [4.78, 5) is 21.8. The van der Waals surface area contributed by atoms with Crippen molar-refractivity contribution in [1.29, 1.82) is 0 Å². The summed E-state index contributed by atoms with van der Waals surface area (Å²) >= 11 is 0. The number of hydrogen-bond donors (Lipinski definition) is 1. The second-order valence-corrected chi connectivity index (χ2v) is 4.73. The number of rotatable bonds is 8. The number of unbranched alkanes of at least 4 members (excludes halogenated alkanes) is 2. The van der Waals surface area contributed by atoms with Crippen molar-refractivity contribution in [1.82, 2.24) is 0 Å². The van der Waals surface area contributed by atoms with Gasteiger partial charge < -0.3 is 9.84 Å². The summed E-state index contributed by atoms with van der Waals surface area (Å²) in [5.74, 6) is -1.25. The number of carboxylic acids is 1. The second kappa shape index (κ2) is 8.15. The van der Waals surface area contributed by atoms with Crippen molar-refractivity contribution in [3.05, 3.63) is 47.5 Å². The lowest BCUT2D eigenvalue weighted by atomic mass is 10.1. The van der Waals surface area contributed by atoms with Crippen LogP contribution in [0, 0.1) is 0 Å². The van der Waals surface area contributed by atoms with Gasteiger partial charge in [0.2, 0.25) is 0 Å². The summed E-state index contributed by atoms with van der Waals surface area (Å²) in [6.07, 6.45) is 3.67. The molecule has 0 aliphatic carbocycles. The Balaban J connectivity index is 2.17. The molecule has 0 aromatic heterocycles. The third-order valence-corrected chi connectivity index (χ3v) is 2.89. The van der Waals surface area contributed by atoms with E-state index in [-0.39, 0.29) is 5.97 Å². The van der Waals surface area contributed by atoms with Gasteiger partial charge in [0.05, 0.1) is 12.2 Å². The highest BCUT2D eigenvalue weighted by Gasteiger charge is 2.03. The van der Waals surface area contributed by atoms with E-state index in [1.807, 2.05) is 12.1 Å². The van der Waals surface area contributed by atoms with Gasteiger partial charge >= 0.3 is 11.9 Å². The number of carbonyl (C=O) groups excluding carboxylic acids is 1. The highest BCUT2D eigenvalue weighted by molar-refractivity contribution is 5.87. The molecule has 0 fully saturated rings. The van der Waals surface area contributed by atoms with Crippen LogP contribution in [0.5, 0.6) is 0 Å². The molecule has 1 aromatic carbocycles. The molecule has 1 rings (SSSR count). The van der Waals surface area contributed by atoms with Crippen LogP contribution < -0.4 is 0 Å². The van der Waals surface area contributed by atoms with Gasteiger partial charge in [-0.3, -0.25) is 0 Å². The third-order valence-electron chi connectivity index (χ3n) is 2.89. The van der Waals surface area contributed by atoms with Gasteiger partial charge in [-0.1, -0.05) is 18.7 Å². The summed E-state index contributed by atoms with van der Waals surface area (Å²) in [5, 5.41) is 8.79. The zero-order chi connectivity index (χ0) is 15.0. The molecule has 0 atom stereocenters. The molecule has 20 heavy (non-hydrogen) atoms. The molecule has 4 nitrogen and oxygen atoms in total. The van der Waals surface area contributed by atoms with Gasteiger partial charge in [0, 0.05) is 5.57 Å². The number of hydrogen-bond acceptors (Lipinski definition) is 3. The summed E-state index contributed by atoms with van der Waals surface area (Å²) < 4.78 is 4.99. The molecule has 0 spiro atoms. The molecule has 0 unspecified atom stereocenters. The Labute approximate surface area is 119 Å². The molecule has 4 heteroatoms. The van der Waals surface area contributed by atoms with Crippen LogP contribution in [0.4, 0.5) is 0 Å². The van der Waals surface area contributed by atoms with Crippen LogP contribution in [-0.2, 0) is 16.0 Å². The van der Waals surface area contributed by atoms with Gasteiger partial charge in [0.25, 0.3) is 0 Å². The smallest absolute Gasteiger partial charge is 0.335 e. The van der Waals surface area contributed by atoms with Crippen molar-refractivity contribution in [3.63, 3.8) is 0 Å². The predicted molar refractivity (Wildman–Crippen MR) is 76.7 cm³/mol. The fourth-order valence-corrected chi connectivity index (χ4v) is 1.71. The Bertz CT molecular complexity index is 474. The topological polar surface area (TPSA) is 63.6 Å². The first kappa shape index (κ1) is 16.0. The first-order valence-electron chi connectivity index (χ1n) is 6.65. The highest BCUT2D eigenvalue weighted by atomic mass is 16.5. The Hall–Kier alpha value is -2.10. The summed E-state index contributed by atoms with van der Waals surface area (Å²) in [5.41, 5.74) is 1.85. The van der Waals surface area contributed by atoms with Gasteiger partial charge in [-0.2, -0.15) is 0 Å². The van der Waals surface area contributed by atoms with Crippen molar-refractivity contribution in [2.75, 3.05) is 6.61 Å². The van der Waals surface area contributed by atoms with E-state index in [2.05, 4.69) is 6.58 Å². The Kier molecular flexibility index (Phi) is 6.50. The van der Waals surface area contributed by atoms with Crippen molar-refractivity contribution in [2.24, 2.45) is 0 Å². The molecule has 0 aliphatic rings. The lowest BCUT2D eigenvalue weighted by Gasteiger charge is -2.05. The zero-order valence-electron chi connectivity index (χ0n) is 11.7. The highest BCUT2D eigenvalue weighted by Crippen LogP contribution is 2.09. The van der Waals surface area contributed by atoms with E-state index < -0.39 is 5.97 Å². The molecule has 1 N–H and O–H groups in total. The van der Waals surface area contributed by atoms with Crippen LogP contribution in [0.2, 0.25) is 0 Å². The standard InChI is InChI=1S/C16H20O4/c1-12(2)16(19)20-11-5-3-4-6-13-7-9-14(10-8-13)15(17)18/h7-10H,1,3-6,11H2,2H3,(H,17,18). The predicted octanol–water partition coefficient (Wildman–Crippen LogP) is 3.22.